The summed E-state index contributed by atoms with van der Waals surface area (Å²) < 4.78 is 0. The number of hydrogen-bond donors (Lipinski definition) is 2. The topological polar surface area (TPSA) is 36.0 Å². The lowest BCUT2D eigenvalue weighted by molar-refractivity contribution is 0.0366. The smallest absolute Gasteiger partial charge is 0.0487 e. The van der Waals surface area contributed by atoms with Crippen molar-refractivity contribution in [2.75, 3.05) is 6.61 Å². The molecule has 2 aromatic rings. The molecule has 1 aliphatic rings. The van der Waals surface area contributed by atoms with Gasteiger partial charge in [-0.25, -0.2) is 0 Å². The second kappa shape index (κ2) is 4.19. The highest BCUT2D eigenvalue weighted by Gasteiger charge is 2.35. The first-order valence-electron chi connectivity index (χ1n) is 6.49. The van der Waals surface area contributed by atoms with Crippen molar-refractivity contribution in [3.8, 4) is 0 Å². The van der Waals surface area contributed by atoms with E-state index in [1.54, 1.807) is 0 Å². The molecule has 2 N–H and O–H groups in total. The minimum Gasteiger partial charge on any atom is -0.396 e. The van der Waals surface area contributed by atoms with Gasteiger partial charge in [0.25, 0.3) is 0 Å². The average Bonchev–Trinajstić information content (AvgIpc) is 2.72. The van der Waals surface area contributed by atoms with Crippen LogP contribution in [-0.2, 0) is 6.42 Å². The Kier molecular flexibility index (Phi) is 2.67. The first kappa shape index (κ1) is 10.8. The number of fused-ring (bicyclic) bond motifs is 1. The van der Waals surface area contributed by atoms with Crippen LogP contribution in [-0.4, -0.2) is 16.7 Å². The van der Waals surface area contributed by atoms with Crippen molar-refractivity contribution in [1.29, 1.82) is 0 Å². The van der Waals surface area contributed by atoms with Gasteiger partial charge in [-0.1, -0.05) is 24.6 Å². The van der Waals surface area contributed by atoms with Crippen molar-refractivity contribution in [2.45, 2.75) is 32.1 Å². The number of rotatable bonds is 4. The van der Waals surface area contributed by atoms with E-state index < -0.39 is 0 Å². The molecule has 0 amide bonds. The molecule has 0 aliphatic heterocycles. The van der Waals surface area contributed by atoms with E-state index in [-0.39, 0.29) is 5.41 Å². The van der Waals surface area contributed by atoms with Crippen LogP contribution in [0.1, 0.15) is 31.2 Å². The normalized spacial score (nSPS) is 18.2. The first-order valence-corrected chi connectivity index (χ1v) is 6.49. The Hall–Kier alpha value is -1.28. The quantitative estimate of drug-likeness (QED) is 0.829. The van der Waals surface area contributed by atoms with Crippen molar-refractivity contribution in [2.24, 2.45) is 5.41 Å². The van der Waals surface area contributed by atoms with E-state index in [1.165, 1.54) is 35.7 Å². The molecular weight excluding hydrogens is 210 g/mol. The minimum absolute atomic E-state index is 0.234. The van der Waals surface area contributed by atoms with Crippen LogP contribution in [0.5, 0.6) is 0 Å². The number of aliphatic hydroxyl groups excluding tert-OH is 1. The fourth-order valence-electron chi connectivity index (χ4n) is 2.90. The fourth-order valence-corrected chi connectivity index (χ4v) is 2.90. The largest absolute Gasteiger partial charge is 0.396 e. The maximum absolute atomic E-state index is 9.47. The molecule has 90 valence electrons. The highest BCUT2D eigenvalue weighted by molar-refractivity contribution is 5.82. The molecular formula is C15H19NO. The molecule has 3 rings (SSSR count). The molecule has 17 heavy (non-hydrogen) atoms. The molecule has 2 nitrogen and oxygen atoms in total. The Morgan fingerprint density at radius 1 is 1.24 bits per heavy atom. The number of aliphatic hydroxyl groups is 1. The third-order valence-corrected chi connectivity index (χ3v) is 4.35. The Labute approximate surface area is 102 Å². The zero-order valence-corrected chi connectivity index (χ0v) is 10.1. The lowest BCUT2D eigenvalue weighted by Crippen LogP contribution is -2.33. The standard InChI is InChI=1S/C15H19NO/c17-11-15(7-3-8-15)9-6-12-10-16-14-5-2-1-4-13(12)14/h1-2,4-5,10,16-17H,3,6-9,11H2. The zero-order chi connectivity index (χ0) is 11.7. The number of benzene rings is 1. The van der Waals surface area contributed by atoms with Gasteiger partial charge in [0.05, 0.1) is 0 Å². The molecule has 0 bridgehead atoms. The Morgan fingerprint density at radius 3 is 2.76 bits per heavy atom. The van der Waals surface area contributed by atoms with Crippen LogP contribution in [0.25, 0.3) is 10.9 Å². The van der Waals surface area contributed by atoms with Crippen LogP contribution < -0.4 is 0 Å². The van der Waals surface area contributed by atoms with Crippen LogP contribution in [0, 0.1) is 5.41 Å². The van der Waals surface area contributed by atoms with Crippen LogP contribution in [0.4, 0.5) is 0 Å². The fraction of sp³-hybridized carbons (Fsp3) is 0.467. The van der Waals surface area contributed by atoms with Gasteiger partial charge in [0.2, 0.25) is 0 Å². The van der Waals surface area contributed by atoms with Crippen LogP contribution in [0.2, 0.25) is 0 Å². The monoisotopic (exact) mass is 229 g/mol. The summed E-state index contributed by atoms with van der Waals surface area (Å²) >= 11 is 0. The van der Waals surface area contributed by atoms with Crippen LogP contribution >= 0.6 is 0 Å². The van der Waals surface area contributed by atoms with E-state index >= 15 is 0 Å². The highest BCUT2D eigenvalue weighted by atomic mass is 16.3. The molecule has 0 spiro atoms. The van der Waals surface area contributed by atoms with E-state index in [0.29, 0.717) is 6.61 Å². The number of aromatic nitrogens is 1. The number of hydrogen-bond acceptors (Lipinski definition) is 1. The van der Waals surface area contributed by atoms with Crippen molar-refractivity contribution < 1.29 is 5.11 Å². The predicted molar refractivity (Wildman–Crippen MR) is 70.0 cm³/mol. The number of nitrogens with one attached hydrogen (secondary N) is 1. The summed E-state index contributed by atoms with van der Waals surface area (Å²) in [5.74, 6) is 0. The van der Waals surface area contributed by atoms with E-state index in [1.807, 2.05) is 0 Å². The van der Waals surface area contributed by atoms with Gasteiger partial charge < -0.3 is 10.1 Å². The Balaban J connectivity index is 1.77. The molecule has 0 atom stereocenters. The molecule has 1 saturated carbocycles. The summed E-state index contributed by atoms with van der Waals surface area (Å²) in [4.78, 5) is 3.32. The van der Waals surface area contributed by atoms with Gasteiger partial charge in [-0.3, -0.25) is 0 Å². The highest BCUT2D eigenvalue weighted by Crippen LogP contribution is 2.44. The molecule has 0 saturated heterocycles. The molecule has 1 heterocycles. The van der Waals surface area contributed by atoms with Gasteiger partial charge in [0, 0.05) is 23.7 Å². The molecule has 1 aromatic carbocycles. The van der Waals surface area contributed by atoms with Gasteiger partial charge in [-0.15, -0.1) is 0 Å². The lowest BCUT2D eigenvalue weighted by Gasteiger charge is -2.40. The molecule has 1 aromatic heterocycles. The summed E-state index contributed by atoms with van der Waals surface area (Å²) in [5.41, 5.74) is 2.84. The van der Waals surface area contributed by atoms with E-state index in [4.69, 9.17) is 0 Å². The summed E-state index contributed by atoms with van der Waals surface area (Å²) in [6, 6.07) is 8.44. The molecule has 2 heteroatoms. The van der Waals surface area contributed by atoms with Crippen LogP contribution in [0.3, 0.4) is 0 Å². The maximum atomic E-state index is 9.47. The number of para-hydroxylation sites is 1. The van der Waals surface area contributed by atoms with E-state index in [9.17, 15) is 5.11 Å². The van der Waals surface area contributed by atoms with Crippen molar-refractivity contribution in [3.05, 3.63) is 36.0 Å². The molecule has 0 radical (unpaired) electrons. The molecule has 1 fully saturated rings. The summed E-state index contributed by atoms with van der Waals surface area (Å²) in [5, 5.41) is 10.8. The van der Waals surface area contributed by atoms with Crippen molar-refractivity contribution >= 4 is 10.9 Å². The maximum Gasteiger partial charge on any atom is 0.0487 e. The zero-order valence-electron chi connectivity index (χ0n) is 10.1. The van der Waals surface area contributed by atoms with Gasteiger partial charge >= 0.3 is 0 Å². The second-order valence-electron chi connectivity index (χ2n) is 5.37. The van der Waals surface area contributed by atoms with E-state index in [0.717, 1.165) is 12.8 Å². The number of aryl methyl sites for hydroxylation is 1. The van der Waals surface area contributed by atoms with Gasteiger partial charge in [-0.05, 0) is 42.7 Å². The number of aromatic amines is 1. The molecule has 0 unspecified atom stereocenters. The molecule has 1 aliphatic carbocycles. The summed E-state index contributed by atoms with van der Waals surface area (Å²) in [7, 11) is 0. The Morgan fingerprint density at radius 2 is 2.06 bits per heavy atom. The van der Waals surface area contributed by atoms with Crippen molar-refractivity contribution in [1.82, 2.24) is 4.98 Å². The number of H-pyrrole nitrogens is 1. The summed E-state index contributed by atoms with van der Waals surface area (Å²) in [6.45, 7) is 0.357. The summed E-state index contributed by atoms with van der Waals surface area (Å²) in [6.07, 6.45) is 8.00. The third-order valence-electron chi connectivity index (χ3n) is 4.35. The SMILES string of the molecule is OCC1(CCc2c[nH]c3ccccc23)CCC1. The van der Waals surface area contributed by atoms with Gasteiger partial charge in [0.1, 0.15) is 0 Å². The predicted octanol–water partition coefficient (Wildman–Crippen LogP) is 3.26. The van der Waals surface area contributed by atoms with Gasteiger partial charge in [-0.2, -0.15) is 0 Å². The average molecular weight is 229 g/mol. The van der Waals surface area contributed by atoms with Gasteiger partial charge in [0.15, 0.2) is 0 Å². The first-order chi connectivity index (χ1) is 8.33. The Bertz CT molecular complexity index is 505. The lowest BCUT2D eigenvalue weighted by atomic mass is 9.66. The van der Waals surface area contributed by atoms with E-state index in [2.05, 4.69) is 35.4 Å². The second-order valence-corrected chi connectivity index (χ2v) is 5.37. The third kappa shape index (κ3) is 1.87. The minimum atomic E-state index is 0.234. The van der Waals surface area contributed by atoms with Crippen LogP contribution in [0.15, 0.2) is 30.5 Å². The van der Waals surface area contributed by atoms with Crippen molar-refractivity contribution in [3.63, 3.8) is 0 Å².